The van der Waals surface area contributed by atoms with Crippen LogP contribution in [0.15, 0.2) is 0 Å². The minimum atomic E-state index is 0. The van der Waals surface area contributed by atoms with Crippen LogP contribution in [-0.4, -0.2) is 5.62 Å². The summed E-state index contributed by atoms with van der Waals surface area (Å²) in [7, 11) is 0. The van der Waals surface area contributed by atoms with Crippen molar-refractivity contribution < 1.29 is 24.3 Å². The van der Waals surface area contributed by atoms with Crippen molar-refractivity contribution >= 4 is 18.2 Å². The van der Waals surface area contributed by atoms with Crippen molar-refractivity contribution in [1.29, 1.82) is 0 Å². The largest absolute Gasteiger partial charge is 2.00 e. The van der Waals surface area contributed by atoms with Gasteiger partial charge in [0.25, 0.3) is 0 Å². The Morgan fingerprint density at radius 2 is 1.60 bits per heavy atom. The molecule has 4 heteroatoms. The van der Waals surface area contributed by atoms with Gasteiger partial charge in [-0.3, -0.25) is 0 Å². The van der Waals surface area contributed by atoms with Crippen LogP contribution in [-0.2, 0) is 36.9 Å². The van der Waals surface area contributed by atoms with Crippen molar-refractivity contribution in [3.63, 3.8) is 0 Å². The van der Waals surface area contributed by atoms with Crippen LogP contribution in [0.25, 0.3) is 6.15 Å². The van der Waals surface area contributed by atoms with E-state index < -0.39 is 0 Å². The van der Waals surface area contributed by atoms with Crippen LogP contribution >= 0.6 is 0 Å². The molecule has 0 aromatic rings. The molecule has 0 aliphatic heterocycles. The molecule has 0 aromatic heterocycles. The van der Waals surface area contributed by atoms with E-state index >= 15 is 0 Å². The standard InChI is InChI=1S/CH2OS.H2N.Zn/c2-1-3;;/h1H,(H,2,3);1H2;/q;-1;+2/p-1. The van der Waals surface area contributed by atoms with E-state index in [1.54, 1.807) is 0 Å². The van der Waals surface area contributed by atoms with E-state index in [2.05, 4.69) is 12.6 Å². The number of hydrogen-bond donors (Lipinski definition) is 0. The summed E-state index contributed by atoms with van der Waals surface area (Å²) in [5.74, 6) is 0. The third kappa shape index (κ3) is 122. The summed E-state index contributed by atoms with van der Waals surface area (Å²) >= 11 is 3.71. The molecule has 0 rings (SSSR count). The average Bonchev–Trinajstić information content (AvgIpc) is 0.918. The summed E-state index contributed by atoms with van der Waals surface area (Å²) in [6, 6.07) is 0. The third-order valence-electron chi connectivity index (χ3n) is 0. The molecule has 0 bridgehead atoms. The molecule has 0 amide bonds. The first kappa shape index (κ1) is 17.9. The molecule has 0 atom stereocenters. The molecule has 0 fully saturated rings. The molecular formula is CH3NOSZn. The Balaban J connectivity index is -0.0000000200. The van der Waals surface area contributed by atoms with Crippen molar-refractivity contribution in [2.45, 2.75) is 0 Å². The topological polar surface area (TPSA) is 50.6 Å². The minimum Gasteiger partial charge on any atom is -0.746 e. The molecule has 0 heterocycles. The van der Waals surface area contributed by atoms with Gasteiger partial charge in [0.1, 0.15) is 0 Å². The predicted molar refractivity (Wildman–Crippen MR) is 19.4 cm³/mol. The quantitative estimate of drug-likeness (QED) is 0.280. The maximum absolute atomic E-state index is 8.62. The normalized spacial score (nSPS) is 2.40. The molecule has 0 saturated heterocycles. The van der Waals surface area contributed by atoms with Gasteiger partial charge in [-0.1, -0.05) is 0 Å². The molecule has 2 N–H and O–H groups in total. The SMILES string of the molecule is O=C[S-].[NH2-].[Zn+2]. The molecule has 0 aliphatic carbocycles. The van der Waals surface area contributed by atoms with Crippen LogP contribution in [0.3, 0.4) is 0 Å². The van der Waals surface area contributed by atoms with Crippen LogP contribution in [0.2, 0.25) is 0 Å². The second-order valence-electron chi connectivity index (χ2n) is 0.0962. The summed E-state index contributed by atoms with van der Waals surface area (Å²) in [6.45, 7) is 0. The molecule has 0 spiro atoms. The van der Waals surface area contributed by atoms with E-state index in [-0.39, 0.29) is 25.6 Å². The molecule has 26 valence electrons. The van der Waals surface area contributed by atoms with Gasteiger partial charge < -0.3 is 23.6 Å². The molecule has 0 radical (unpaired) electrons. The second kappa shape index (κ2) is 24.9. The Labute approximate surface area is 49.1 Å². The van der Waals surface area contributed by atoms with E-state index in [0.717, 1.165) is 0 Å². The van der Waals surface area contributed by atoms with Crippen LogP contribution < -0.4 is 0 Å². The number of carbonyl (C=O) groups is 1. The van der Waals surface area contributed by atoms with Gasteiger partial charge in [-0.05, 0) is 5.62 Å². The fraction of sp³-hybridized carbons (Fsp3) is 0. The van der Waals surface area contributed by atoms with Crippen molar-refractivity contribution in [3.8, 4) is 0 Å². The summed E-state index contributed by atoms with van der Waals surface area (Å²) in [5.41, 5.74) is 0.333. The molecule has 2 nitrogen and oxygen atoms in total. The van der Waals surface area contributed by atoms with Gasteiger partial charge in [-0.25, -0.2) is 0 Å². The molecule has 0 aromatic carbocycles. The van der Waals surface area contributed by atoms with Crippen LogP contribution in [0.5, 0.6) is 0 Å². The number of nitrogens with two attached hydrogens (primary N) is 1. The predicted octanol–water partition coefficient (Wildman–Crippen LogP) is 0.438. The fourth-order valence-corrected chi connectivity index (χ4v) is 0. The Morgan fingerprint density at radius 3 is 1.60 bits per heavy atom. The van der Waals surface area contributed by atoms with E-state index in [1.807, 2.05) is 0 Å². The Morgan fingerprint density at radius 1 is 1.60 bits per heavy atom. The summed E-state index contributed by atoms with van der Waals surface area (Å²) in [5, 5.41) is 0. The van der Waals surface area contributed by atoms with Crippen molar-refractivity contribution in [1.82, 2.24) is 0 Å². The monoisotopic (exact) mass is 141 g/mol. The summed E-state index contributed by atoms with van der Waals surface area (Å²) in [4.78, 5) is 8.62. The van der Waals surface area contributed by atoms with Gasteiger partial charge in [0.2, 0.25) is 0 Å². The summed E-state index contributed by atoms with van der Waals surface area (Å²) in [6.07, 6.45) is 0. The zero-order valence-corrected chi connectivity index (χ0v) is 6.46. The summed E-state index contributed by atoms with van der Waals surface area (Å²) < 4.78 is 0. The first-order valence-corrected chi connectivity index (χ1v) is 0.943. The van der Waals surface area contributed by atoms with Gasteiger partial charge in [-0.15, -0.1) is 0 Å². The zero-order valence-electron chi connectivity index (χ0n) is 2.68. The molecular weight excluding hydrogens is 139 g/mol. The second-order valence-corrected chi connectivity index (χ2v) is 0.289. The fourth-order valence-electron chi connectivity index (χ4n) is 0. The molecule has 0 aliphatic rings. The van der Waals surface area contributed by atoms with Crippen molar-refractivity contribution in [3.05, 3.63) is 6.15 Å². The van der Waals surface area contributed by atoms with Gasteiger partial charge in [0.05, 0.1) is 0 Å². The Hall–Kier alpha value is 0.473. The first-order chi connectivity index (χ1) is 1.41. The zero-order chi connectivity index (χ0) is 2.71. The number of hydrogen-bond acceptors (Lipinski definition) is 2. The van der Waals surface area contributed by atoms with E-state index in [9.17, 15) is 0 Å². The van der Waals surface area contributed by atoms with Crippen molar-refractivity contribution in [2.75, 3.05) is 0 Å². The molecule has 0 unspecified atom stereocenters. The van der Waals surface area contributed by atoms with Crippen molar-refractivity contribution in [2.24, 2.45) is 0 Å². The van der Waals surface area contributed by atoms with Gasteiger partial charge in [0.15, 0.2) is 0 Å². The smallest absolute Gasteiger partial charge is 0.746 e. The first-order valence-electron chi connectivity index (χ1n) is 0.471. The van der Waals surface area contributed by atoms with E-state index in [0.29, 0.717) is 5.62 Å². The van der Waals surface area contributed by atoms with Crippen LogP contribution in [0, 0.1) is 0 Å². The van der Waals surface area contributed by atoms with Crippen LogP contribution in [0.1, 0.15) is 0 Å². The van der Waals surface area contributed by atoms with E-state index in [1.165, 1.54) is 0 Å². The maximum Gasteiger partial charge on any atom is 2.00 e. The van der Waals surface area contributed by atoms with E-state index in [4.69, 9.17) is 4.79 Å². The number of rotatable bonds is 0. The Kier molecular flexibility index (Phi) is 89.0. The van der Waals surface area contributed by atoms with Gasteiger partial charge in [-0.2, -0.15) is 0 Å². The van der Waals surface area contributed by atoms with Gasteiger partial charge in [0, 0.05) is 0 Å². The Bertz CT molecular complexity index is 19.1. The minimum absolute atomic E-state index is 0. The van der Waals surface area contributed by atoms with Crippen LogP contribution in [0.4, 0.5) is 0 Å². The average molecular weight is 142 g/mol. The third-order valence-corrected chi connectivity index (χ3v) is 0. The maximum atomic E-state index is 8.62. The molecule has 5 heavy (non-hydrogen) atoms. The number of carbonyl (C=O) groups excluding carboxylic acids is 1. The molecule has 0 saturated carbocycles. The van der Waals surface area contributed by atoms with Gasteiger partial charge >= 0.3 is 19.5 Å².